The summed E-state index contributed by atoms with van der Waals surface area (Å²) in [6.07, 6.45) is 5.52. The van der Waals surface area contributed by atoms with Crippen LogP contribution in [0.3, 0.4) is 0 Å². The summed E-state index contributed by atoms with van der Waals surface area (Å²) in [4.78, 5) is 0. The van der Waals surface area contributed by atoms with E-state index in [0.29, 0.717) is 0 Å². The van der Waals surface area contributed by atoms with Gasteiger partial charge in [0.2, 0.25) is 0 Å². The molecule has 2 rings (SSSR count). The SMILES string of the molecule is COc1cc(CNCC2CCC(C)CC2)cc(OC)c1. The maximum Gasteiger partial charge on any atom is 0.122 e. The summed E-state index contributed by atoms with van der Waals surface area (Å²) in [5, 5.41) is 3.58. The lowest BCUT2D eigenvalue weighted by Gasteiger charge is -2.26. The van der Waals surface area contributed by atoms with Crippen LogP contribution in [-0.4, -0.2) is 20.8 Å². The molecule has 0 spiro atoms. The molecule has 1 aromatic rings. The molecular formula is C17H27NO2. The Balaban J connectivity index is 1.81. The van der Waals surface area contributed by atoms with E-state index in [1.54, 1.807) is 14.2 Å². The molecule has 1 aliphatic carbocycles. The Hall–Kier alpha value is -1.22. The Morgan fingerprint density at radius 1 is 1.00 bits per heavy atom. The van der Waals surface area contributed by atoms with Gasteiger partial charge in [-0.05, 0) is 48.9 Å². The fourth-order valence-electron chi connectivity index (χ4n) is 2.92. The van der Waals surface area contributed by atoms with Crippen molar-refractivity contribution in [2.45, 2.75) is 39.2 Å². The first kappa shape index (κ1) is 15.2. The predicted molar refractivity (Wildman–Crippen MR) is 82.4 cm³/mol. The molecule has 0 aliphatic heterocycles. The van der Waals surface area contributed by atoms with Crippen molar-refractivity contribution in [1.82, 2.24) is 5.32 Å². The lowest BCUT2D eigenvalue weighted by atomic mass is 9.83. The second-order valence-electron chi connectivity index (χ2n) is 5.98. The summed E-state index contributed by atoms with van der Waals surface area (Å²) in [5.41, 5.74) is 1.21. The lowest BCUT2D eigenvalue weighted by Crippen LogP contribution is -2.25. The first-order chi connectivity index (χ1) is 9.71. The Kier molecular flexibility index (Phi) is 5.72. The fraction of sp³-hybridized carbons (Fsp3) is 0.647. The van der Waals surface area contributed by atoms with Crippen LogP contribution in [0.4, 0.5) is 0 Å². The van der Waals surface area contributed by atoms with Crippen molar-refractivity contribution in [3.8, 4) is 11.5 Å². The van der Waals surface area contributed by atoms with Crippen LogP contribution in [0.2, 0.25) is 0 Å². The van der Waals surface area contributed by atoms with Crippen molar-refractivity contribution in [3.63, 3.8) is 0 Å². The summed E-state index contributed by atoms with van der Waals surface area (Å²) in [6, 6.07) is 6.04. The van der Waals surface area contributed by atoms with Gasteiger partial charge in [0.15, 0.2) is 0 Å². The van der Waals surface area contributed by atoms with Crippen molar-refractivity contribution in [2.75, 3.05) is 20.8 Å². The smallest absolute Gasteiger partial charge is 0.122 e. The number of ether oxygens (including phenoxy) is 2. The van der Waals surface area contributed by atoms with Gasteiger partial charge in [-0.1, -0.05) is 19.8 Å². The van der Waals surface area contributed by atoms with Crippen LogP contribution in [0.5, 0.6) is 11.5 Å². The molecule has 0 heterocycles. The van der Waals surface area contributed by atoms with Gasteiger partial charge in [0.25, 0.3) is 0 Å². The highest BCUT2D eigenvalue weighted by atomic mass is 16.5. The summed E-state index contributed by atoms with van der Waals surface area (Å²) in [6.45, 7) is 4.36. The lowest BCUT2D eigenvalue weighted by molar-refractivity contribution is 0.281. The van der Waals surface area contributed by atoms with Gasteiger partial charge >= 0.3 is 0 Å². The highest BCUT2D eigenvalue weighted by Gasteiger charge is 2.17. The van der Waals surface area contributed by atoms with Crippen LogP contribution in [0.25, 0.3) is 0 Å². The molecule has 0 saturated heterocycles. The summed E-state index contributed by atoms with van der Waals surface area (Å²) < 4.78 is 10.6. The molecule has 0 atom stereocenters. The Morgan fingerprint density at radius 2 is 1.60 bits per heavy atom. The van der Waals surface area contributed by atoms with Crippen molar-refractivity contribution in [1.29, 1.82) is 0 Å². The van der Waals surface area contributed by atoms with Gasteiger partial charge in [0, 0.05) is 12.6 Å². The van der Waals surface area contributed by atoms with E-state index in [4.69, 9.17) is 9.47 Å². The number of nitrogens with one attached hydrogen (secondary N) is 1. The minimum absolute atomic E-state index is 0.846. The molecule has 0 amide bonds. The number of hydrogen-bond donors (Lipinski definition) is 1. The zero-order valence-electron chi connectivity index (χ0n) is 12.9. The maximum atomic E-state index is 5.30. The van der Waals surface area contributed by atoms with Crippen molar-refractivity contribution in [3.05, 3.63) is 23.8 Å². The largest absolute Gasteiger partial charge is 0.497 e. The molecule has 112 valence electrons. The summed E-state index contributed by atoms with van der Waals surface area (Å²) in [7, 11) is 3.38. The standard InChI is InChI=1S/C17H27NO2/c1-13-4-6-14(7-5-13)11-18-12-15-8-16(19-2)10-17(9-15)20-3/h8-10,13-14,18H,4-7,11-12H2,1-3H3. The summed E-state index contributed by atoms with van der Waals surface area (Å²) in [5.74, 6) is 3.48. The first-order valence-corrected chi connectivity index (χ1v) is 7.64. The second-order valence-corrected chi connectivity index (χ2v) is 5.98. The van der Waals surface area contributed by atoms with Crippen LogP contribution in [0.1, 0.15) is 38.2 Å². The third-order valence-corrected chi connectivity index (χ3v) is 4.31. The van der Waals surface area contributed by atoms with Gasteiger partial charge < -0.3 is 14.8 Å². The van der Waals surface area contributed by atoms with Crippen LogP contribution < -0.4 is 14.8 Å². The van der Waals surface area contributed by atoms with E-state index in [9.17, 15) is 0 Å². The third-order valence-electron chi connectivity index (χ3n) is 4.31. The maximum absolute atomic E-state index is 5.30. The topological polar surface area (TPSA) is 30.5 Å². The van der Waals surface area contributed by atoms with Gasteiger partial charge in [-0.3, -0.25) is 0 Å². The van der Waals surface area contributed by atoms with Gasteiger partial charge in [-0.25, -0.2) is 0 Å². The normalized spacial score (nSPS) is 22.6. The van der Waals surface area contributed by atoms with E-state index in [0.717, 1.165) is 36.4 Å². The van der Waals surface area contributed by atoms with Gasteiger partial charge in [0.05, 0.1) is 14.2 Å². The fourth-order valence-corrected chi connectivity index (χ4v) is 2.92. The van der Waals surface area contributed by atoms with E-state index < -0.39 is 0 Å². The quantitative estimate of drug-likeness (QED) is 0.861. The molecule has 1 fully saturated rings. The Morgan fingerprint density at radius 3 is 2.15 bits per heavy atom. The molecule has 3 nitrogen and oxygen atoms in total. The molecule has 3 heteroatoms. The average molecular weight is 277 g/mol. The number of methoxy groups -OCH3 is 2. The van der Waals surface area contributed by atoms with E-state index in [-0.39, 0.29) is 0 Å². The van der Waals surface area contributed by atoms with E-state index in [1.807, 2.05) is 6.07 Å². The van der Waals surface area contributed by atoms with Gasteiger partial charge in [0.1, 0.15) is 11.5 Å². The molecule has 0 bridgehead atoms. The Labute approximate surface area is 122 Å². The molecule has 0 radical (unpaired) electrons. The van der Waals surface area contributed by atoms with Crippen LogP contribution in [0.15, 0.2) is 18.2 Å². The summed E-state index contributed by atoms with van der Waals surface area (Å²) >= 11 is 0. The first-order valence-electron chi connectivity index (χ1n) is 7.64. The molecule has 0 unspecified atom stereocenters. The molecule has 0 aromatic heterocycles. The van der Waals surface area contributed by atoms with Crippen molar-refractivity contribution in [2.24, 2.45) is 11.8 Å². The highest BCUT2D eigenvalue weighted by Crippen LogP contribution is 2.28. The van der Waals surface area contributed by atoms with Crippen LogP contribution >= 0.6 is 0 Å². The minimum Gasteiger partial charge on any atom is -0.497 e. The van der Waals surface area contributed by atoms with Gasteiger partial charge in [-0.2, -0.15) is 0 Å². The van der Waals surface area contributed by atoms with Crippen LogP contribution in [-0.2, 0) is 6.54 Å². The predicted octanol–water partition coefficient (Wildman–Crippen LogP) is 3.62. The monoisotopic (exact) mass is 277 g/mol. The Bertz CT molecular complexity index is 389. The molecule has 20 heavy (non-hydrogen) atoms. The minimum atomic E-state index is 0.846. The van der Waals surface area contributed by atoms with Crippen molar-refractivity contribution >= 4 is 0 Å². The molecule has 1 saturated carbocycles. The van der Waals surface area contributed by atoms with Crippen LogP contribution in [0, 0.1) is 11.8 Å². The highest BCUT2D eigenvalue weighted by molar-refractivity contribution is 5.38. The van der Waals surface area contributed by atoms with E-state index >= 15 is 0 Å². The molecule has 1 aliphatic rings. The second kappa shape index (κ2) is 7.53. The zero-order valence-corrected chi connectivity index (χ0v) is 12.9. The molecular weight excluding hydrogens is 250 g/mol. The molecule has 1 N–H and O–H groups in total. The third kappa shape index (κ3) is 4.41. The number of benzene rings is 1. The van der Waals surface area contributed by atoms with Crippen molar-refractivity contribution < 1.29 is 9.47 Å². The molecule has 1 aromatic carbocycles. The number of rotatable bonds is 6. The number of hydrogen-bond acceptors (Lipinski definition) is 3. The van der Waals surface area contributed by atoms with E-state index in [2.05, 4.69) is 24.4 Å². The zero-order chi connectivity index (χ0) is 14.4. The average Bonchev–Trinajstić information content (AvgIpc) is 2.49. The van der Waals surface area contributed by atoms with Gasteiger partial charge in [-0.15, -0.1) is 0 Å². The van der Waals surface area contributed by atoms with E-state index in [1.165, 1.54) is 31.2 Å².